The van der Waals surface area contributed by atoms with E-state index in [9.17, 15) is 18.0 Å². The van der Waals surface area contributed by atoms with Gasteiger partial charge in [-0.25, -0.2) is 0 Å². The van der Waals surface area contributed by atoms with Gasteiger partial charge in [0.05, 0.1) is 6.54 Å². The molecule has 0 unspecified atom stereocenters. The lowest BCUT2D eigenvalue weighted by atomic mass is 9.97. The maximum absolute atomic E-state index is 13.1. The molecule has 0 amide bonds. The Hall–Kier alpha value is -3.56. The van der Waals surface area contributed by atoms with E-state index in [2.05, 4.69) is 15.3 Å². The number of nitrogens with zero attached hydrogens (tertiary/aromatic N) is 4. The van der Waals surface area contributed by atoms with Crippen LogP contribution in [0.25, 0.3) is 0 Å². The van der Waals surface area contributed by atoms with Gasteiger partial charge in [-0.15, -0.1) is 0 Å². The molecule has 1 aromatic carbocycles. The van der Waals surface area contributed by atoms with E-state index in [1.54, 1.807) is 11.7 Å². The first-order valence-electron chi connectivity index (χ1n) is 10.3. The Morgan fingerprint density at radius 3 is 2.33 bits per heavy atom. The van der Waals surface area contributed by atoms with Gasteiger partial charge in [0.25, 0.3) is 5.56 Å². The molecule has 0 bridgehead atoms. The SMILES string of the molecule is Cn1c(=O)c(C(=NCc2ccc(C(F)(F)F)nc2)Nc2ccccc2)c(N)n1CC(C)(C)C. The monoisotopic (exact) mass is 460 g/mol. The smallest absolute Gasteiger partial charge is 0.383 e. The fourth-order valence-electron chi connectivity index (χ4n) is 3.23. The van der Waals surface area contributed by atoms with Crippen molar-refractivity contribution >= 4 is 17.3 Å². The fraction of sp³-hybridized carbons (Fsp3) is 0.348. The zero-order valence-corrected chi connectivity index (χ0v) is 18.9. The molecular formula is C23H27F3N6O. The number of benzene rings is 1. The third-order valence-corrected chi connectivity index (χ3v) is 4.84. The number of nitrogens with two attached hydrogens (primary N) is 1. The van der Waals surface area contributed by atoms with E-state index >= 15 is 0 Å². The largest absolute Gasteiger partial charge is 0.433 e. The first kappa shape index (κ1) is 24.1. The zero-order valence-electron chi connectivity index (χ0n) is 18.9. The Bertz CT molecular complexity index is 1190. The number of aromatic nitrogens is 3. The number of alkyl halides is 3. The second kappa shape index (κ2) is 9.13. The number of amidine groups is 1. The predicted molar refractivity (Wildman–Crippen MR) is 123 cm³/mol. The summed E-state index contributed by atoms with van der Waals surface area (Å²) in [5.41, 5.74) is 6.29. The Labute approximate surface area is 189 Å². The van der Waals surface area contributed by atoms with Gasteiger partial charge >= 0.3 is 6.18 Å². The van der Waals surface area contributed by atoms with E-state index in [0.29, 0.717) is 17.8 Å². The Morgan fingerprint density at radius 1 is 1.12 bits per heavy atom. The molecule has 0 aliphatic heterocycles. The first-order valence-corrected chi connectivity index (χ1v) is 10.3. The highest BCUT2D eigenvalue weighted by atomic mass is 19.4. The van der Waals surface area contributed by atoms with Crippen LogP contribution in [0, 0.1) is 5.41 Å². The molecule has 0 atom stereocenters. The topological polar surface area (TPSA) is 90.2 Å². The van der Waals surface area contributed by atoms with Crippen LogP contribution in [0.4, 0.5) is 24.7 Å². The predicted octanol–water partition coefficient (Wildman–Crippen LogP) is 4.29. The van der Waals surface area contributed by atoms with Crippen molar-refractivity contribution in [1.29, 1.82) is 0 Å². The normalized spacial score (nSPS) is 12.8. The van der Waals surface area contributed by atoms with Gasteiger partial charge in [-0.3, -0.25) is 24.1 Å². The number of nitrogens with one attached hydrogen (secondary N) is 1. The highest BCUT2D eigenvalue weighted by Gasteiger charge is 2.32. The molecule has 2 aromatic heterocycles. The highest BCUT2D eigenvalue weighted by molar-refractivity contribution is 6.10. The van der Waals surface area contributed by atoms with E-state index < -0.39 is 11.9 Å². The van der Waals surface area contributed by atoms with Crippen LogP contribution in [0.3, 0.4) is 0 Å². The maximum Gasteiger partial charge on any atom is 0.433 e. The van der Waals surface area contributed by atoms with Crippen molar-refractivity contribution < 1.29 is 13.2 Å². The average Bonchev–Trinajstić information content (AvgIpc) is 2.94. The number of pyridine rings is 1. The number of halogens is 3. The molecule has 0 saturated carbocycles. The Balaban J connectivity index is 2.02. The van der Waals surface area contributed by atoms with Crippen LogP contribution in [0.2, 0.25) is 0 Å². The molecule has 3 aromatic rings. The lowest BCUT2D eigenvalue weighted by Gasteiger charge is -2.21. The summed E-state index contributed by atoms with van der Waals surface area (Å²) < 4.78 is 41.5. The summed E-state index contributed by atoms with van der Waals surface area (Å²) in [7, 11) is 1.63. The van der Waals surface area contributed by atoms with Gasteiger partial charge in [-0.2, -0.15) is 13.2 Å². The lowest BCUT2D eigenvalue weighted by Crippen LogP contribution is -2.27. The van der Waals surface area contributed by atoms with Crippen molar-refractivity contribution in [3.8, 4) is 0 Å². The van der Waals surface area contributed by atoms with Gasteiger partial charge < -0.3 is 11.1 Å². The molecule has 33 heavy (non-hydrogen) atoms. The van der Waals surface area contributed by atoms with Crippen molar-refractivity contribution in [2.75, 3.05) is 11.1 Å². The molecule has 3 rings (SSSR count). The number of hydrogen-bond acceptors (Lipinski definition) is 4. The Morgan fingerprint density at radius 2 is 1.79 bits per heavy atom. The fourth-order valence-corrected chi connectivity index (χ4v) is 3.23. The second-order valence-corrected chi connectivity index (χ2v) is 8.91. The lowest BCUT2D eigenvalue weighted by molar-refractivity contribution is -0.141. The number of nitrogen functional groups attached to an aromatic ring is 1. The summed E-state index contributed by atoms with van der Waals surface area (Å²) in [5, 5.41) is 3.13. The van der Waals surface area contributed by atoms with Gasteiger partial charge in [-0.05, 0) is 29.2 Å². The molecular weight excluding hydrogens is 433 g/mol. The summed E-state index contributed by atoms with van der Waals surface area (Å²) in [4.78, 5) is 21.1. The summed E-state index contributed by atoms with van der Waals surface area (Å²) >= 11 is 0. The van der Waals surface area contributed by atoms with Crippen LogP contribution in [0.15, 0.2) is 58.4 Å². The molecule has 0 radical (unpaired) electrons. The van der Waals surface area contributed by atoms with Gasteiger partial charge in [0.2, 0.25) is 0 Å². The minimum Gasteiger partial charge on any atom is -0.383 e. The van der Waals surface area contributed by atoms with Crippen LogP contribution in [0.1, 0.15) is 37.6 Å². The van der Waals surface area contributed by atoms with Crippen molar-refractivity contribution in [2.45, 2.75) is 40.0 Å². The van der Waals surface area contributed by atoms with Gasteiger partial charge in [0, 0.05) is 25.5 Å². The number of aliphatic imine (C=N–C) groups is 1. The van der Waals surface area contributed by atoms with Crippen molar-refractivity contribution in [3.63, 3.8) is 0 Å². The van der Waals surface area contributed by atoms with Gasteiger partial charge in [0.1, 0.15) is 22.9 Å². The summed E-state index contributed by atoms with van der Waals surface area (Å²) in [6, 6.07) is 11.3. The van der Waals surface area contributed by atoms with Crippen molar-refractivity contribution in [1.82, 2.24) is 14.3 Å². The molecule has 176 valence electrons. The Kier molecular flexibility index (Phi) is 6.66. The van der Waals surface area contributed by atoms with E-state index in [1.165, 1.54) is 10.7 Å². The molecule has 0 aliphatic rings. The van der Waals surface area contributed by atoms with E-state index in [4.69, 9.17) is 5.73 Å². The van der Waals surface area contributed by atoms with Crippen molar-refractivity contribution in [2.24, 2.45) is 17.5 Å². The minimum atomic E-state index is -4.52. The van der Waals surface area contributed by atoms with Crippen LogP contribution in [-0.2, 0) is 26.3 Å². The van der Waals surface area contributed by atoms with Crippen LogP contribution in [-0.4, -0.2) is 20.2 Å². The third-order valence-electron chi connectivity index (χ3n) is 4.84. The summed E-state index contributed by atoms with van der Waals surface area (Å²) in [6.07, 6.45) is -3.39. The van der Waals surface area contributed by atoms with E-state index in [1.807, 2.05) is 51.1 Å². The maximum atomic E-state index is 13.1. The third kappa shape index (κ3) is 5.82. The van der Waals surface area contributed by atoms with Crippen LogP contribution < -0.4 is 16.6 Å². The standard InChI is InChI=1S/C23H27F3N6O/c1-22(2,3)14-32-19(27)18(21(33)31(32)4)20(30-16-8-6-5-7-9-16)29-13-15-10-11-17(28-12-15)23(24,25)26/h5-12H,13-14,27H2,1-4H3,(H,29,30). The number of anilines is 2. The molecule has 0 spiro atoms. The minimum absolute atomic E-state index is 0.00729. The average molecular weight is 461 g/mol. The zero-order chi connectivity index (χ0) is 24.4. The van der Waals surface area contributed by atoms with Crippen LogP contribution in [0.5, 0.6) is 0 Å². The quantitative estimate of drug-likeness (QED) is 0.439. The summed E-state index contributed by atoms with van der Waals surface area (Å²) in [5.74, 6) is 0.483. The number of rotatable bonds is 5. The van der Waals surface area contributed by atoms with Gasteiger partial charge in [0.15, 0.2) is 0 Å². The highest BCUT2D eigenvalue weighted by Crippen LogP contribution is 2.27. The molecule has 10 heteroatoms. The molecule has 3 N–H and O–H groups in total. The summed E-state index contributed by atoms with van der Waals surface area (Å²) in [6.45, 7) is 6.61. The number of para-hydroxylation sites is 1. The second-order valence-electron chi connectivity index (χ2n) is 8.91. The molecule has 0 aliphatic carbocycles. The van der Waals surface area contributed by atoms with E-state index in [-0.39, 0.29) is 34.7 Å². The first-order chi connectivity index (χ1) is 15.4. The molecule has 2 heterocycles. The van der Waals surface area contributed by atoms with Gasteiger partial charge in [-0.1, -0.05) is 45.0 Å². The molecule has 0 saturated heterocycles. The van der Waals surface area contributed by atoms with Crippen molar-refractivity contribution in [3.05, 3.63) is 75.8 Å². The molecule has 0 fully saturated rings. The van der Waals surface area contributed by atoms with E-state index in [0.717, 1.165) is 12.3 Å². The number of hydrogen-bond donors (Lipinski definition) is 2. The van der Waals surface area contributed by atoms with Crippen LogP contribution >= 0.6 is 0 Å². The molecule has 7 nitrogen and oxygen atoms in total.